The number of hydrogen-bond acceptors (Lipinski definition) is 1. The normalized spacial score (nSPS) is 15.7. The summed E-state index contributed by atoms with van der Waals surface area (Å²) in [7, 11) is 0. The number of hydrogen-bond donors (Lipinski definition) is 1. The third-order valence-corrected chi connectivity index (χ3v) is 2.78. The van der Waals surface area contributed by atoms with Crippen LogP contribution in [0.15, 0.2) is 0 Å². The minimum absolute atomic E-state index is 0.754. The van der Waals surface area contributed by atoms with Crippen molar-refractivity contribution in [1.82, 2.24) is 5.32 Å². The zero-order valence-electron chi connectivity index (χ0n) is 9.90. The number of rotatable bonds is 8. The summed E-state index contributed by atoms with van der Waals surface area (Å²) < 4.78 is 0. The van der Waals surface area contributed by atoms with Crippen molar-refractivity contribution in [3.8, 4) is 0 Å². The summed E-state index contributed by atoms with van der Waals surface area (Å²) in [6, 6.07) is 0.754. The van der Waals surface area contributed by atoms with Gasteiger partial charge in [0.05, 0.1) is 0 Å². The van der Waals surface area contributed by atoms with Crippen LogP contribution in [-0.4, -0.2) is 12.6 Å². The molecule has 2 atom stereocenters. The van der Waals surface area contributed by atoms with Gasteiger partial charge >= 0.3 is 0 Å². The molecule has 0 spiro atoms. The Hall–Kier alpha value is -0.0400. The molecule has 0 aliphatic rings. The number of nitrogens with one attached hydrogen (secondary N) is 1. The van der Waals surface area contributed by atoms with Crippen LogP contribution < -0.4 is 5.32 Å². The van der Waals surface area contributed by atoms with Crippen LogP contribution >= 0.6 is 0 Å². The summed E-state index contributed by atoms with van der Waals surface area (Å²) in [4.78, 5) is 0. The molecule has 13 heavy (non-hydrogen) atoms. The molecule has 0 radical (unpaired) electrons. The molecule has 1 heteroatoms. The van der Waals surface area contributed by atoms with E-state index in [2.05, 4.69) is 33.0 Å². The Balaban J connectivity index is 3.46. The fourth-order valence-corrected chi connectivity index (χ4v) is 1.86. The van der Waals surface area contributed by atoms with Gasteiger partial charge in [0, 0.05) is 6.04 Å². The lowest BCUT2D eigenvalue weighted by Crippen LogP contribution is -2.28. The molecular weight excluding hydrogens is 158 g/mol. The van der Waals surface area contributed by atoms with Crippen LogP contribution in [0.1, 0.15) is 59.8 Å². The topological polar surface area (TPSA) is 12.0 Å². The van der Waals surface area contributed by atoms with Crippen LogP contribution in [0.25, 0.3) is 0 Å². The van der Waals surface area contributed by atoms with Crippen molar-refractivity contribution in [3.63, 3.8) is 0 Å². The molecule has 0 rings (SSSR count). The van der Waals surface area contributed by atoms with Gasteiger partial charge in [-0.2, -0.15) is 0 Å². The fourth-order valence-electron chi connectivity index (χ4n) is 1.86. The van der Waals surface area contributed by atoms with E-state index in [4.69, 9.17) is 0 Å². The maximum Gasteiger partial charge on any atom is 0.00644 e. The van der Waals surface area contributed by atoms with Crippen LogP contribution in [-0.2, 0) is 0 Å². The second kappa shape index (κ2) is 8.55. The highest BCUT2D eigenvalue weighted by atomic mass is 14.9. The van der Waals surface area contributed by atoms with Gasteiger partial charge in [-0.3, -0.25) is 0 Å². The van der Waals surface area contributed by atoms with Crippen molar-refractivity contribution < 1.29 is 0 Å². The molecule has 1 N–H and O–H groups in total. The van der Waals surface area contributed by atoms with Gasteiger partial charge in [-0.25, -0.2) is 0 Å². The summed E-state index contributed by atoms with van der Waals surface area (Å²) >= 11 is 0. The molecular formula is C12H27N. The van der Waals surface area contributed by atoms with Gasteiger partial charge in [0.15, 0.2) is 0 Å². The van der Waals surface area contributed by atoms with E-state index in [1.165, 1.54) is 32.1 Å². The Labute approximate surface area is 84.3 Å². The highest BCUT2D eigenvalue weighted by molar-refractivity contribution is 4.65. The van der Waals surface area contributed by atoms with Crippen molar-refractivity contribution in [1.29, 1.82) is 0 Å². The van der Waals surface area contributed by atoms with E-state index in [9.17, 15) is 0 Å². The summed E-state index contributed by atoms with van der Waals surface area (Å²) in [6.45, 7) is 10.2. The summed E-state index contributed by atoms with van der Waals surface area (Å²) in [5.74, 6) is 0.915. The molecule has 0 bridgehead atoms. The monoisotopic (exact) mass is 185 g/mol. The van der Waals surface area contributed by atoms with Gasteiger partial charge < -0.3 is 5.32 Å². The average molecular weight is 185 g/mol. The van der Waals surface area contributed by atoms with E-state index in [0.717, 1.165) is 18.5 Å². The Morgan fingerprint density at radius 3 is 2.15 bits per heavy atom. The van der Waals surface area contributed by atoms with Crippen LogP contribution in [0.4, 0.5) is 0 Å². The van der Waals surface area contributed by atoms with Gasteiger partial charge in [0.1, 0.15) is 0 Å². The van der Waals surface area contributed by atoms with Crippen molar-refractivity contribution in [2.45, 2.75) is 65.8 Å². The van der Waals surface area contributed by atoms with Gasteiger partial charge in [-0.05, 0) is 31.7 Å². The first-order valence-corrected chi connectivity index (χ1v) is 5.97. The standard InChI is InChI=1S/C12H27N/c1-5-8-11(4)9-10-12(6-2)13-7-3/h11-13H,5-10H2,1-4H3. The van der Waals surface area contributed by atoms with Crippen LogP contribution in [0.3, 0.4) is 0 Å². The highest BCUT2D eigenvalue weighted by Crippen LogP contribution is 2.14. The lowest BCUT2D eigenvalue weighted by molar-refractivity contribution is 0.398. The fraction of sp³-hybridized carbons (Fsp3) is 1.00. The van der Waals surface area contributed by atoms with Gasteiger partial charge in [0.2, 0.25) is 0 Å². The molecule has 0 saturated heterocycles. The molecule has 2 unspecified atom stereocenters. The molecule has 0 aromatic rings. The Kier molecular flexibility index (Phi) is 8.53. The lowest BCUT2D eigenvalue weighted by Gasteiger charge is -2.18. The summed E-state index contributed by atoms with van der Waals surface area (Å²) in [6.07, 6.45) is 6.74. The molecule has 0 aromatic heterocycles. The third kappa shape index (κ3) is 7.06. The predicted molar refractivity (Wildman–Crippen MR) is 61.1 cm³/mol. The largest absolute Gasteiger partial charge is 0.314 e. The predicted octanol–water partition coefficient (Wildman–Crippen LogP) is 3.59. The van der Waals surface area contributed by atoms with E-state index in [-0.39, 0.29) is 0 Å². The van der Waals surface area contributed by atoms with Crippen LogP contribution in [0, 0.1) is 5.92 Å². The summed E-state index contributed by atoms with van der Waals surface area (Å²) in [5, 5.41) is 3.53. The van der Waals surface area contributed by atoms with E-state index < -0.39 is 0 Å². The van der Waals surface area contributed by atoms with Crippen molar-refractivity contribution in [2.24, 2.45) is 5.92 Å². The lowest BCUT2D eigenvalue weighted by atomic mass is 9.96. The molecule has 0 fully saturated rings. The molecule has 0 aliphatic heterocycles. The van der Waals surface area contributed by atoms with Crippen molar-refractivity contribution in [2.75, 3.05) is 6.54 Å². The third-order valence-electron chi connectivity index (χ3n) is 2.78. The zero-order valence-corrected chi connectivity index (χ0v) is 9.90. The molecule has 0 saturated carbocycles. The van der Waals surface area contributed by atoms with Crippen LogP contribution in [0.2, 0.25) is 0 Å². The smallest absolute Gasteiger partial charge is 0.00644 e. The van der Waals surface area contributed by atoms with E-state index in [1.807, 2.05) is 0 Å². The average Bonchev–Trinajstić information content (AvgIpc) is 2.12. The minimum Gasteiger partial charge on any atom is -0.314 e. The summed E-state index contributed by atoms with van der Waals surface area (Å²) in [5.41, 5.74) is 0. The zero-order chi connectivity index (χ0) is 10.1. The van der Waals surface area contributed by atoms with Gasteiger partial charge in [-0.1, -0.05) is 40.5 Å². The van der Waals surface area contributed by atoms with Gasteiger partial charge in [-0.15, -0.1) is 0 Å². The molecule has 0 heterocycles. The highest BCUT2D eigenvalue weighted by Gasteiger charge is 2.06. The molecule has 0 amide bonds. The first-order chi connectivity index (χ1) is 6.24. The van der Waals surface area contributed by atoms with Crippen molar-refractivity contribution in [3.05, 3.63) is 0 Å². The van der Waals surface area contributed by atoms with E-state index in [0.29, 0.717) is 0 Å². The Bertz CT molecular complexity index is 101. The van der Waals surface area contributed by atoms with Crippen molar-refractivity contribution >= 4 is 0 Å². The molecule has 80 valence electrons. The molecule has 0 aromatic carbocycles. The Morgan fingerprint density at radius 1 is 1.00 bits per heavy atom. The first kappa shape index (κ1) is 13.0. The van der Waals surface area contributed by atoms with Crippen LogP contribution in [0.5, 0.6) is 0 Å². The van der Waals surface area contributed by atoms with E-state index >= 15 is 0 Å². The first-order valence-electron chi connectivity index (χ1n) is 5.97. The second-order valence-corrected chi connectivity index (χ2v) is 4.13. The maximum absolute atomic E-state index is 3.53. The quantitative estimate of drug-likeness (QED) is 0.609. The second-order valence-electron chi connectivity index (χ2n) is 4.13. The SMILES string of the molecule is CCCC(C)CCC(CC)NCC. The Morgan fingerprint density at radius 2 is 1.69 bits per heavy atom. The molecule has 1 nitrogen and oxygen atoms in total. The maximum atomic E-state index is 3.53. The minimum atomic E-state index is 0.754. The molecule has 0 aliphatic carbocycles. The van der Waals surface area contributed by atoms with E-state index in [1.54, 1.807) is 0 Å². The van der Waals surface area contributed by atoms with Gasteiger partial charge in [0.25, 0.3) is 0 Å².